The van der Waals surface area contributed by atoms with Gasteiger partial charge in [0.1, 0.15) is 17.8 Å². The molecule has 0 saturated heterocycles. The molecule has 2 N–H and O–H groups in total. The molecule has 2 heterocycles. The van der Waals surface area contributed by atoms with E-state index in [9.17, 15) is 0 Å². The number of nitrogens with two attached hydrogens (primary N) is 1. The molecule has 0 radical (unpaired) electrons. The minimum Gasteiger partial charge on any atom is -0.415 e. The molecular formula is C31H56N4O2Si2. The molecule has 0 aliphatic heterocycles. The maximum absolute atomic E-state index is 7.52. The molecule has 3 rings (SSSR count). The smallest absolute Gasteiger partial charge is 0.200 e. The second kappa shape index (κ2) is 12.2. The van der Waals surface area contributed by atoms with E-state index in [1.807, 2.05) is 6.07 Å². The Morgan fingerprint density at radius 2 is 1.38 bits per heavy atom. The summed E-state index contributed by atoms with van der Waals surface area (Å²) in [7, 11) is -4.17. The number of aromatic nitrogens is 3. The normalized spacial score (nSPS) is 21.3. The minimum atomic E-state index is -2.12. The van der Waals surface area contributed by atoms with Gasteiger partial charge in [-0.05, 0) is 51.3 Å². The zero-order valence-corrected chi connectivity index (χ0v) is 28.8. The summed E-state index contributed by atoms with van der Waals surface area (Å²) in [5, 5.41) is 0.892. The van der Waals surface area contributed by atoms with Gasteiger partial charge < -0.3 is 19.2 Å². The van der Waals surface area contributed by atoms with Crippen molar-refractivity contribution in [2.75, 3.05) is 12.3 Å². The van der Waals surface area contributed by atoms with Crippen molar-refractivity contribution in [1.82, 2.24) is 14.5 Å². The van der Waals surface area contributed by atoms with Crippen molar-refractivity contribution < 1.29 is 8.85 Å². The Morgan fingerprint density at radius 3 is 1.87 bits per heavy atom. The van der Waals surface area contributed by atoms with Crippen LogP contribution in [-0.4, -0.2) is 43.9 Å². The fourth-order valence-electron chi connectivity index (χ4n) is 8.30. The summed E-state index contributed by atoms with van der Waals surface area (Å²) in [6.45, 7) is 33.8. The van der Waals surface area contributed by atoms with Gasteiger partial charge >= 0.3 is 0 Å². The summed E-state index contributed by atoms with van der Waals surface area (Å²) < 4.78 is 17.0. The van der Waals surface area contributed by atoms with Gasteiger partial charge in [-0.25, -0.2) is 9.97 Å². The van der Waals surface area contributed by atoms with Gasteiger partial charge in [0.15, 0.2) is 8.32 Å². The Hall–Kier alpha value is -1.49. The lowest BCUT2D eigenvalue weighted by Gasteiger charge is -2.46. The molecule has 0 spiro atoms. The molecule has 1 aliphatic carbocycles. The molecule has 2 aromatic rings. The molecule has 1 saturated carbocycles. The SMILES string of the molecule is C=C1[C@H](CO[Si](C(C)C)(C(C)C)C(C)C)[C@@H](O[Si](C(C)C)(C(C)C)C(C)C)C[C@@H]1n1ccc2c(N)ncnc21. The Labute approximate surface area is 240 Å². The highest BCUT2D eigenvalue weighted by molar-refractivity contribution is 6.78. The number of fused-ring (bicyclic) bond motifs is 1. The molecule has 1 aliphatic rings. The number of nitrogen functional groups attached to an aromatic ring is 1. The van der Waals surface area contributed by atoms with E-state index in [4.69, 9.17) is 21.2 Å². The Bertz CT molecular complexity index is 1080. The minimum absolute atomic E-state index is 0.0659. The quantitative estimate of drug-likeness (QED) is 0.203. The summed E-state index contributed by atoms with van der Waals surface area (Å²) in [5.41, 5.74) is 11.4. The van der Waals surface area contributed by atoms with Crippen LogP contribution in [0, 0.1) is 5.92 Å². The van der Waals surface area contributed by atoms with E-state index in [1.54, 1.807) is 6.33 Å². The highest BCUT2D eigenvalue weighted by Crippen LogP contribution is 2.50. The molecular weight excluding hydrogens is 517 g/mol. The molecule has 39 heavy (non-hydrogen) atoms. The van der Waals surface area contributed by atoms with Crippen LogP contribution >= 0.6 is 0 Å². The fourth-order valence-corrected chi connectivity index (χ4v) is 19.4. The van der Waals surface area contributed by atoms with Crippen LogP contribution in [0.25, 0.3) is 11.0 Å². The summed E-state index contributed by atoms with van der Waals surface area (Å²) in [4.78, 5) is 8.82. The largest absolute Gasteiger partial charge is 0.415 e. The molecule has 6 nitrogen and oxygen atoms in total. The van der Waals surface area contributed by atoms with Gasteiger partial charge in [0.05, 0.1) is 17.5 Å². The van der Waals surface area contributed by atoms with Gasteiger partial charge in [0.25, 0.3) is 0 Å². The van der Waals surface area contributed by atoms with E-state index < -0.39 is 16.6 Å². The van der Waals surface area contributed by atoms with Crippen molar-refractivity contribution >= 4 is 33.5 Å². The van der Waals surface area contributed by atoms with Crippen LogP contribution < -0.4 is 5.73 Å². The predicted octanol–water partition coefficient (Wildman–Crippen LogP) is 8.88. The second-order valence-corrected chi connectivity index (χ2v) is 24.6. The molecule has 2 aromatic heterocycles. The summed E-state index contributed by atoms with van der Waals surface area (Å²) >= 11 is 0. The van der Waals surface area contributed by atoms with Crippen molar-refractivity contribution in [3.05, 3.63) is 30.7 Å². The standard InChI is InChI=1S/C31H56N4O2Si2/c1-19(2)38(20(3)4,21(5)6)36-17-27-25(13)28(35-15-14-26-30(32)33-18-34-31(26)35)16-29(27)37-39(22(7)8,23(9)10)24(11)12/h14-15,18-24,27-29H,13,16-17H2,1-12H3,(H2,32,33,34)/t27-,28-,29-/m0/s1. The summed E-state index contributed by atoms with van der Waals surface area (Å²) in [5.74, 6) is 0.653. The number of nitrogens with zero attached hydrogens (tertiary/aromatic N) is 3. The van der Waals surface area contributed by atoms with Crippen molar-refractivity contribution in [2.24, 2.45) is 5.92 Å². The highest BCUT2D eigenvalue weighted by atomic mass is 28.4. The van der Waals surface area contributed by atoms with Gasteiger partial charge in [-0.15, -0.1) is 0 Å². The van der Waals surface area contributed by atoms with Gasteiger partial charge in [-0.2, -0.15) is 0 Å². The van der Waals surface area contributed by atoms with Crippen LogP contribution in [0.3, 0.4) is 0 Å². The van der Waals surface area contributed by atoms with E-state index in [0.29, 0.717) is 45.7 Å². The molecule has 0 aromatic carbocycles. The first-order valence-corrected chi connectivity index (χ1v) is 19.5. The molecule has 0 bridgehead atoms. The first-order chi connectivity index (χ1) is 18.1. The molecule has 0 amide bonds. The van der Waals surface area contributed by atoms with Crippen molar-refractivity contribution in [3.63, 3.8) is 0 Å². The third-order valence-corrected chi connectivity index (χ3v) is 22.2. The van der Waals surface area contributed by atoms with E-state index in [0.717, 1.165) is 17.5 Å². The van der Waals surface area contributed by atoms with Gasteiger partial charge in [0.2, 0.25) is 8.32 Å². The Kier molecular flexibility index (Phi) is 10.00. The van der Waals surface area contributed by atoms with Crippen LogP contribution in [-0.2, 0) is 8.85 Å². The van der Waals surface area contributed by atoms with Crippen LogP contribution in [0.2, 0.25) is 33.2 Å². The fraction of sp³-hybridized carbons (Fsp3) is 0.742. The average molecular weight is 573 g/mol. The molecule has 0 unspecified atom stereocenters. The van der Waals surface area contributed by atoms with Gasteiger partial charge in [0, 0.05) is 18.7 Å². The zero-order valence-electron chi connectivity index (χ0n) is 26.8. The number of rotatable bonds is 12. The third-order valence-electron chi connectivity index (χ3n) is 9.97. The number of hydrogen-bond acceptors (Lipinski definition) is 5. The van der Waals surface area contributed by atoms with Crippen LogP contribution in [0.15, 0.2) is 30.7 Å². The predicted molar refractivity (Wildman–Crippen MR) is 171 cm³/mol. The van der Waals surface area contributed by atoms with Gasteiger partial charge in [-0.3, -0.25) is 0 Å². The first-order valence-electron chi connectivity index (χ1n) is 15.2. The molecule has 3 atom stereocenters. The van der Waals surface area contributed by atoms with Gasteiger partial charge in [-0.1, -0.05) is 89.7 Å². The second-order valence-electron chi connectivity index (χ2n) is 13.8. The average Bonchev–Trinajstić information content (AvgIpc) is 3.38. The Morgan fingerprint density at radius 1 is 0.872 bits per heavy atom. The zero-order chi connectivity index (χ0) is 29.4. The van der Waals surface area contributed by atoms with Crippen molar-refractivity contribution in [3.8, 4) is 0 Å². The monoisotopic (exact) mass is 572 g/mol. The van der Waals surface area contributed by atoms with E-state index in [-0.39, 0.29) is 18.1 Å². The lowest BCUT2D eigenvalue weighted by atomic mass is 10.0. The lowest BCUT2D eigenvalue weighted by molar-refractivity contribution is 0.105. The maximum atomic E-state index is 7.52. The van der Waals surface area contributed by atoms with Crippen LogP contribution in [0.5, 0.6) is 0 Å². The van der Waals surface area contributed by atoms with Crippen LogP contribution in [0.4, 0.5) is 5.82 Å². The highest BCUT2D eigenvalue weighted by Gasteiger charge is 2.52. The summed E-state index contributed by atoms with van der Waals surface area (Å²) in [6, 6.07) is 2.11. The third kappa shape index (κ3) is 5.55. The first kappa shape index (κ1) is 32.0. The molecule has 8 heteroatoms. The van der Waals surface area contributed by atoms with E-state index in [2.05, 4.69) is 104 Å². The van der Waals surface area contributed by atoms with E-state index in [1.165, 1.54) is 5.57 Å². The topological polar surface area (TPSA) is 75.2 Å². The Balaban J connectivity index is 2.07. The number of hydrogen-bond donors (Lipinski definition) is 1. The lowest BCUT2D eigenvalue weighted by Crippen LogP contribution is -2.52. The maximum Gasteiger partial charge on any atom is 0.200 e. The van der Waals surface area contributed by atoms with Crippen molar-refractivity contribution in [2.45, 2.75) is 135 Å². The molecule has 220 valence electrons. The van der Waals surface area contributed by atoms with E-state index >= 15 is 0 Å². The number of anilines is 1. The summed E-state index contributed by atoms with van der Waals surface area (Å²) in [6.07, 6.45) is 4.60. The molecule has 1 fully saturated rings. The van der Waals surface area contributed by atoms with Crippen molar-refractivity contribution in [1.29, 1.82) is 0 Å². The van der Waals surface area contributed by atoms with Crippen LogP contribution in [0.1, 0.15) is 95.5 Å².